The highest BCUT2D eigenvalue weighted by Gasteiger charge is 2.13. The third kappa shape index (κ3) is 3.36. The molecule has 6 heteroatoms. The highest BCUT2D eigenvalue weighted by atomic mass is 16.5. The molecule has 0 spiro atoms. The molecule has 1 aromatic carbocycles. The van der Waals surface area contributed by atoms with Gasteiger partial charge in [-0.25, -0.2) is 0 Å². The Kier molecular flexibility index (Phi) is 4.59. The van der Waals surface area contributed by atoms with E-state index in [1.165, 1.54) is 0 Å². The van der Waals surface area contributed by atoms with Gasteiger partial charge in [-0.3, -0.25) is 0 Å². The van der Waals surface area contributed by atoms with Gasteiger partial charge in [0.25, 0.3) is 6.01 Å². The fourth-order valence-electron chi connectivity index (χ4n) is 1.77. The second-order valence-electron chi connectivity index (χ2n) is 4.20. The van der Waals surface area contributed by atoms with E-state index in [4.69, 9.17) is 19.6 Å². The maximum Gasteiger partial charge on any atom is 0.298 e. The molecule has 0 fully saturated rings. The first-order chi connectivity index (χ1) is 9.24. The Hall–Kier alpha value is -1.79. The summed E-state index contributed by atoms with van der Waals surface area (Å²) in [5.74, 6) is 0. The van der Waals surface area contributed by atoms with E-state index in [9.17, 15) is 0 Å². The van der Waals surface area contributed by atoms with Crippen molar-refractivity contribution < 1.29 is 13.9 Å². The van der Waals surface area contributed by atoms with E-state index in [2.05, 4.69) is 4.98 Å². The summed E-state index contributed by atoms with van der Waals surface area (Å²) in [5, 5.41) is 0. The number of rotatable bonds is 7. The molecule has 2 N–H and O–H groups in total. The van der Waals surface area contributed by atoms with Crippen molar-refractivity contribution in [2.24, 2.45) is 0 Å². The average Bonchev–Trinajstić information content (AvgIpc) is 2.81. The number of benzene rings is 1. The van der Waals surface area contributed by atoms with Crippen LogP contribution in [0.5, 0.6) is 0 Å². The average molecular weight is 265 g/mol. The van der Waals surface area contributed by atoms with Crippen LogP contribution in [0.15, 0.2) is 22.6 Å². The number of hydrogen-bond acceptors (Lipinski definition) is 6. The third-order valence-electron chi connectivity index (χ3n) is 2.80. The molecule has 0 radical (unpaired) electrons. The summed E-state index contributed by atoms with van der Waals surface area (Å²) in [7, 11) is 3.34. The molecule has 0 unspecified atom stereocenters. The smallest absolute Gasteiger partial charge is 0.298 e. The van der Waals surface area contributed by atoms with Crippen LogP contribution in [0.2, 0.25) is 0 Å². The van der Waals surface area contributed by atoms with E-state index in [1.807, 2.05) is 11.0 Å². The van der Waals surface area contributed by atoms with Gasteiger partial charge in [0.1, 0.15) is 5.52 Å². The summed E-state index contributed by atoms with van der Waals surface area (Å²) in [4.78, 5) is 6.44. The first-order valence-corrected chi connectivity index (χ1v) is 6.13. The number of fused-ring (bicyclic) bond motifs is 1. The SMILES string of the molecule is COCCN(CCOC)c1nc2cc(N)ccc2o1. The zero-order chi connectivity index (χ0) is 13.7. The van der Waals surface area contributed by atoms with E-state index in [0.717, 1.165) is 11.1 Å². The molecular weight excluding hydrogens is 246 g/mol. The molecule has 0 bridgehead atoms. The molecule has 0 aliphatic heterocycles. The minimum atomic E-state index is 0.565. The number of nitrogen functional groups attached to an aromatic ring is 1. The third-order valence-corrected chi connectivity index (χ3v) is 2.80. The molecule has 0 amide bonds. The molecule has 0 saturated heterocycles. The van der Waals surface area contributed by atoms with Crippen molar-refractivity contribution in [3.8, 4) is 0 Å². The van der Waals surface area contributed by atoms with Gasteiger partial charge < -0.3 is 24.5 Å². The Labute approximate surface area is 112 Å². The van der Waals surface area contributed by atoms with Crippen LogP contribution in [0, 0.1) is 0 Å². The largest absolute Gasteiger partial charge is 0.423 e. The van der Waals surface area contributed by atoms with Gasteiger partial charge >= 0.3 is 0 Å². The van der Waals surface area contributed by atoms with Crippen LogP contribution in [0.4, 0.5) is 11.7 Å². The lowest BCUT2D eigenvalue weighted by Crippen LogP contribution is -2.30. The van der Waals surface area contributed by atoms with E-state index in [0.29, 0.717) is 38.0 Å². The molecule has 19 heavy (non-hydrogen) atoms. The highest BCUT2D eigenvalue weighted by molar-refractivity contribution is 5.78. The predicted octanol–water partition coefficient (Wildman–Crippen LogP) is 1.51. The number of anilines is 2. The minimum Gasteiger partial charge on any atom is -0.423 e. The van der Waals surface area contributed by atoms with Crippen LogP contribution in [-0.2, 0) is 9.47 Å². The van der Waals surface area contributed by atoms with Crippen molar-refractivity contribution in [2.75, 3.05) is 51.2 Å². The van der Waals surface area contributed by atoms with Gasteiger partial charge in [-0.2, -0.15) is 4.98 Å². The standard InChI is InChI=1S/C13H19N3O3/c1-17-7-5-16(6-8-18-2)13-15-11-9-10(14)3-4-12(11)19-13/h3-4,9H,5-8,14H2,1-2H3. The van der Waals surface area contributed by atoms with Crippen LogP contribution in [-0.4, -0.2) is 45.5 Å². The summed E-state index contributed by atoms with van der Waals surface area (Å²) >= 11 is 0. The van der Waals surface area contributed by atoms with E-state index >= 15 is 0 Å². The molecule has 104 valence electrons. The molecule has 0 atom stereocenters. The minimum absolute atomic E-state index is 0.565. The topological polar surface area (TPSA) is 73.8 Å². The predicted molar refractivity (Wildman–Crippen MR) is 74.4 cm³/mol. The molecule has 6 nitrogen and oxygen atoms in total. The number of methoxy groups -OCH3 is 2. The highest BCUT2D eigenvalue weighted by Crippen LogP contribution is 2.23. The van der Waals surface area contributed by atoms with Gasteiger partial charge in [-0.1, -0.05) is 0 Å². The van der Waals surface area contributed by atoms with Gasteiger partial charge in [0.15, 0.2) is 5.58 Å². The first kappa shape index (κ1) is 13.6. The summed E-state index contributed by atoms with van der Waals surface area (Å²) in [5.41, 5.74) is 7.89. The monoisotopic (exact) mass is 265 g/mol. The fourth-order valence-corrected chi connectivity index (χ4v) is 1.77. The van der Waals surface area contributed by atoms with Crippen molar-refractivity contribution in [3.63, 3.8) is 0 Å². The van der Waals surface area contributed by atoms with E-state index in [1.54, 1.807) is 26.4 Å². The summed E-state index contributed by atoms with van der Waals surface area (Å²) < 4.78 is 15.9. The van der Waals surface area contributed by atoms with E-state index in [-0.39, 0.29) is 0 Å². The molecule has 1 aromatic heterocycles. The number of aromatic nitrogens is 1. The van der Waals surface area contributed by atoms with Crippen molar-refractivity contribution in [1.82, 2.24) is 4.98 Å². The van der Waals surface area contributed by atoms with E-state index < -0.39 is 0 Å². The molecule has 0 saturated carbocycles. The molecule has 2 rings (SSSR count). The van der Waals surface area contributed by atoms with Gasteiger partial charge in [0.2, 0.25) is 0 Å². The maximum absolute atomic E-state index is 5.73. The van der Waals surface area contributed by atoms with Crippen LogP contribution < -0.4 is 10.6 Å². The van der Waals surface area contributed by atoms with Gasteiger partial charge in [0.05, 0.1) is 13.2 Å². The number of nitrogens with zero attached hydrogens (tertiary/aromatic N) is 2. The normalized spacial score (nSPS) is 11.1. The number of nitrogens with two attached hydrogens (primary N) is 1. The quantitative estimate of drug-likeness (QED) is 0.765. The lowest BCUT2D eigenvalue weighted by atomic mass is 10.3. The van der Waals surface area contributed by atoms with Crippen molar-refractivity contribution >= 4 is 22.8 Å². The zero-order valence-corrected chi connectivity index (χ0v) is 11.3. The Morgan fingerprint density at radius 1 is 1.21 bits per heavy atom. The van der Waals surface area contributed by atoms with Crippen LogP contribution in [0.1, 0.15) is 0 Å². The fraction of sp³-hybridized carbons (Fsp3) is 0.462. The van der Waals surface area contributed by atoms with Crippen LogP contribution in [0.25, 0.3) is 11.1 Å². The number of hydrogen-bond donors (Lipinski definition) is 1. The van der Waals surface area contributed by atoms with Gasteiger partial charge in [-0.15, -0.1) is 0 Å². The Morgan fingerprint density at radius 2 is 1.89 bits per heavy atom. The van der Waals surface area contributed by atoms with Crippen molar-refractivity contribution in [3.05, 3.63) is 18.2 Å². The Bertz CT molecular complexity index is 519. The number of oxazole rings is 1. The maximum atomic E-state index is 5.73. The zero-order valence-electron chi connectivity index (χ0n) is 11.3. The van der Waals surface area contributed by atoms with Crippen LogP contribution in [0.3, 0.4) is 0 Å². The van der Waals surface area contributed by atoms with Gasteiger partial charge in [0, 0.05) is 33.0 Å². The summed E-state index contributed by atoms with van der Waals surface area (Å²) in [6.45, 7) is 2.60. The summed E-state index contributed by atoms with van der Waals surface area (Å²) in [6.07, 6.45) is 0. The Balaban J connectivity index is 2.21. The van der Waals surface area contributed by atoms with Crippen molar-refractivity contribution in [1.29, 1.82) is 0 Å². The molecule has 0 aliphatic rings. The van der Waals surface area contributed by atoms with Gasteiger partial charge in [-0.05, 0) is 18.2 Å². The van der Waals surface area contributed by atoms with Crippen LogP contribution >= 0.6 is 0 Å². The van der Waals surface area contributed by atoms with Crippen molar-refractivity contribution in [2.45, 2.75) is 0 Å². The summed E-state index contributed by atoms with van der Waals surface area (Å²) in [6, 6.07) is 5.99. The molecule has 2 aromatic rings. The lowest BCUT2D eigenvalue weighted by molar-refractivity contribution is 0.188. The molecule has 1 heterocycles. The number of ether oxygens (including phenoxy) is 2. The second kappa shape index (κ2) is 6.40. The lowest BCUT2D eigenvalue weighted by Gasteiger charge is -2.19. The first-order valence-electron chi connectivity index (χ1n) is 6.13. The Morgan fingerprint density at radius 3 is 2.53 bits per heavy atom. The second-order valence-corrected chi connectivity index (χ2v) is 4.20. The molecular formula is C13H19N3O3. The molecule has 0 aliphatic carbocycles.